The van der Waals surface area contributed by atoms with E-state index in [1.807, 2.05) is 60.6 Å². The van der Waals surface area contributed by atoms with Gasteiger partial charge in [-0.15, -0.1) is 0 Å². The highest BCUT2D eigenvalue weighted by Gasteiger charge is 2.35. The van der Waals surface area contributed by atoms with Crippen LogP contribution in [0.25, 0.3) is 0 Å². The highest BCUT2D eigenvalue weighted by atomic mass is 32.2. The lowest BCUT2D eigenvalue weighted by Crippen LogP contribution is -2.34. The zero-order chi connectivity index (χ0) is 28.5. The van der Waals surface area contributed by atoms with E-state index < -0.39 is 0 Å². The second-order valence-electron chi connectivity index (χ2n) is 10.2. The van der Waals surface area contributed by atoms with Gasteiger partial charge in [0, 0.05) is 24.3 Å². The Labute approximate surface area is 231 Å². The number of pyridine rings is 1. The maximum atomic E-state index is 9.60. The number of carbonyl (C=O) groups is 1. The number of carbonyl (C=O) groups excluding carboxylic acids is 1. The molecule has 37 heavy (non-hydrogen) atoms. The third kappa shape index (κ3) is 13.3. The van der Waals surface area contributed by atoms with Crippen molar-refractivity contribution in [3.8, 4) is 0 Å². The Kier molecular flexibility index (Phi) is 17.2. The van der Waals surface area contributed by atoms with Crippen LogP contribution in [-0.2, 0) is 9.53 Å². The van der Waals surface area contributed by atoms with Crippen molar-refractivity contribution in [3.63, 3.8) is 0 Å². The summed E-state index contributed by atoms with van der Waals surface area (Å²) in [6, 6.07) is 16.6. The smallest absolute Gasteiger partial charge is 0.293 e. The molecule has 6 nitrogen and oxygen atoms in total. The van der Waals surface area contributed by atoms with Crippen molar-refractivity contribution in [3.05, 3.63) is 48.5 Å². The number of nitrogens with two attached hydrogens (primary N) is 1. The first-order valence-electron chi connectivity index (χ1n) is 13.5. The quantitative estimate of drug-likeness (QED) is 0.276. The maximum absolute atomic E-state index is 9.60. The Morgan fingerprint density at radius 3 is 2.19 bits per heavy atom. The number of aromatic nitrogens is 1. The molecule has 1 aliphatic heterocycles. The standard InChI is InChI=1S/C21H30N4S.C5H10O2.2C2H6/c1-21(2)15-17(16-24(21)3)9-8-14-25(18-10-5-4-6-11-18)19-12-7-13-20(23-19)26-22;1-5(2,3)7-4-6;2*1-2/h4-7,10-13,17H,8-9,14-16,22H2,1-3H3;4H,1-3H3;2*1-2H3. The van der Waals surface area contributed by atoms with Crippen LogP contribution < -0.4 is 10.0 Å². The summed E-state index contributed by atoms with van der Waals surface area (Å²) in [5.74, 6) is 1.75. The SMILES string of the molecule is CC.CC.CC(C)(C)OC=O.CN1CC(CCCN(c2ccccc2)c2cccc(SN)n2)CC1(C)C. The summed E-state index contributed by atoms with van der Waals surface area (Å²) in [6.45, 7) is 20.8. The van der Waals surface area contributed by atoms with Crippen LogP contribution in [0.5, 0.6) is 0 Å². The van der Waals surface area contributed by atoms with Crippen molar-refractivity contribution in [1.29, 1.82) is 0 Å². The molecule has 1 aromatic heterocycles. The molecule has 0 spiro atoms. The molecule has 1 saturated heterocycles. The highest BCUT2D eigenvalue weighted by molar-refractivity contribution is 7.97. The lowest BCUT2D eigenvalue weighted by Gasteiger charge is -2.26. The third-order valence-corrected chi connectivity index (χ3v) is 6.39. The van der Waals surface area contributed by atoms with Gasteiger partial charge in [0.2, 0.25) is 0 Å². The lowest BCUT2D eigenvalue weighted by molar-refractivity contribution is -0.138. The van der Waals surface area contributed by atoms with Crippen LogP contribution in [0.15, 0.2) is 53.6 Å². The number of ether oxygens (including phenoxy) is 1. The van der Waals surface area contributed by atoms with Crippen molar-refractivity contribution in [2.24, 2.45) is 11.1 Å². The van der Waals surface area contributed by atoms with Gasteiger partial charge in [-0.3, -0.25) is 9.93 Å². The number of hydrogen-bond donors (Lipinski definition) is 1. The molecule has 0 aliphatic carbocycles. The third-order valence-electron chi connectivity index (χ3n) is 5.92. The molecule has 3 rings (SSSR count). The first kappa shape index (κ1) is 34.9. The first-order valence-corrected chi connectivity index (χ1v) is 14.4. The summed E-state index contributed by atoms with van der Waals surface area (Å²) in [4.78, 5) is 19.1. The van der Waals surface area contributed by atoms with E-state index in [2.05, 4.69) is 71.8 Å². The molecule has 2 aromatic rings. The van der Waals surface area contributed by atoms with E-state index in [0.717, 1.165) is 29.7 Å². The van der Waals surface area contributed by atoms with E-state index in [1.54, 1.807) is 0 Å². The molecule has 1 aromatic carbocycles. The molecule has 0 bridgehead atoms. The Hall–Kier alpha value is -2.09. The summed E-state index contributed by atoms with van der Waals surface area (Å²) in [5.41, 5.74) is 1.20. The Balaban J connectivity index is 0.00000101. The average molecular weight is 533 g/mol. The molecule has 0 radical (unpaired) electrons. The molecule has 2 heterocycles. The summed E-state index contributed by atoms with van der Waals surface area (Å²) in [5, 5.41) is 6.56. The van der Waals surface area contributed by atoms with Crippen LogP contribution in [0, 0.1) is 5.92 Å². The molecule has 1 fully saturated rings. The number of anilines is 2. The highest BCUT2D eigenvalue weighted by Crippen LogP contribution is 2.34. The van der Waals surface area contributed by atoms with Crippen molar-refractivity contribution in [2.75, 3.05) is 25.0 Å². The van der Waals surface area contributed by atoms with Crippen LogP contribution in [0.1, 0.15) is 81.6 Å². The van der Waals surface area contributed by atoms with Gasteiger partial charge in [-0.05, 0) is 103 Å². The van der Waals surface area contributed by atoms with E-state index in [1.165, 1.54) is 37.0 Å². The van der Waals surface area contributed by atoms with Crippen LogP contribution in [0.4, 0.5) is 11.5 Å². The number of hydrogen-bond acceptors (Lipinski definition) is 7. The molecule has 1 aliphatic rings. The summed E-state index contributed by atoms with van der Waals surface area (Å²) in [6.07, 6.45) is 3.69. The van der Waals surface area contributed by atoms with E-state index >= 15 is 0 Å². The van der Waals surface area contributed by atoms with Crippen LogP contribution >= 0.6 is 11.9 Å². The Morgan fingerprint density at radius 1 is 1.11 bits per heavy atom. The molecule has 0 saturated carbocycles. The zero-order valence-corrected chi connectivity index (χ0v) is 25.8. The molecule has 1 unspecified atom stereocenters. The summed E-state index contributed by atoms with van der Waals surface area (Å²) >= 11 is 1.20. The van der Waals surface area contributed by atoms with Gasteiger partial charge in [0.05, 0.1) is 0 Å². The predicted octanol–water partition coefficient (Wildman–Crippen LogP) is 7.71. The molecule has 210 valence electrons. The van der Waals surface area contributed by atoms with Crippen molar-refractivity contribution >= 4 is 29.9 Å². The second-order valence-corrected chi connectivity index (χ2v) is 10.8. The first-order chi connectivity index (χ1) is 17.6. The van der Waals surface area contributed by atoms with Crippen LogP contribution in [0.2, 0.25) is 0 Å². The van der Waals surface area contributed by atoms with Gasteiger partial charge in [0.1, 0.15) is 16.4 Å². The van der Waals surface area contributed by atoms with Gasteiger partial charge in [-0.25, -0.2) is 4.98 Å². The van der Waals surface area contributed by atoms with Crippen molar-refractivity contribution < 1.29 is 9.53 Å². The second kappa shape index (κ2) is 18.2. The minimum atomic E-state index is -0.318. The average Bonchev–Trinajstić information content (AvgIpc) is 3.15. The van der Waals surface area contributed by atoms with Gasteiger partial charge in [0.25, 0.3) is 6.47 Å². The fraction of sp³-hybridized carbons (Fsp3) is 0.600. The van der Waals surface area contributed by atoms with Gasteiger partial charge in [-0.2, -0.15) is 0 Å². The molecule has 1 atom stereocenters. The molecular formula is C30H52N4O2S. The van der Waals surface area contributed by atoms with Crippen LogP contribution in [-0.4, -0.2) is 47.6 Å². The number of para-hydroxylation sites is 1. The number of rotatable bonds is 8. The number of nitrogens with zero attached hydrogens (tertiary/aromatic N) is 3. The lowest BCUT2D eigenvalue weighted by atomic mass is 9.93. The van der Waals surface area contributed by atoms with E-state index in [9.17, 15) is 4.79 Å². The minimum Gasteiger partial charge on any atom is -0.462 e. The van der Waals surface area contributed by atoms with E-state index in [-0.39, 0.29) is 5.60 Å². The Morgan fingerprint density at radius 2 is 1.73 bits per heavy atom. The van der Waals surface area contributed by atoms with Crippen molar-refractivity contribution in [2.45, 2.75) is 97.7 Å². The summed E-state index contributed by atoms with van der Waals surface area (Å²) in [7, 11) is 2.25. The van der Waals surface area contributed by atoms with Gasteiger partial charge in [-0.1, -0.05) is 52.0 Å². The van der Waals surface area contributed by atoms with Crippen LogP contribution in [0.3, 0.4) is 0 Å². The number of benzene rings is 1. The van der Waals surface area contributed by atoms with Gasteiger partial charge in [0.15, 0.2) is 0 Å². The Bertz CT molecular complexity index is 856. The molecule has 0 amide bonds. The summed E-state index contributed by atoms with van der Waals surface area (Å²) < 4.78 is 4.55. The largest absolute Gasteiger partial charge is 0.462 e. The fourth-order valence-electron chi connectivity index (χ4n) is 4.04. The van der Waals surface area contributed by atoms with Gasteiger partial charge >= 0.3 is 0 Å². The molecule has 2 N–H and O–H groups in total. The molecular weight excluding hydrogens is 480 g/mol. The minimum absolute atomic E-state index is 0.318. The number of likely N-dealkylation sites (tertiary alicyclic amines) is 1. The maximum Gasteiger partial charge on any atom is 0.293 e. The van der Waals surface area contributed by atoms with E-state index in [0.29, 0.717) is 12.0 Å². The topological polar surface area (TPSA) is 71.7 Å². The monoisotopic (exact) mass is 532 g/mol. The fourth-order valence-corrected chi connectivity index (χ4v) is 4.34. The van der Waals surface area contributed by atoms with Crippen molar-refractivity contribution in [1.82, 2.24) is 9.88 Å². The van der Waals surface area contributed by atoms with Gasteiger partial charge < -0.3 is 14.5 Å². The zero-order valence-electron chi connectivity index (χ0n) is 25.0. The normalized spacial score (nSPS) is 16.1. The van der Waals surface area contributed by atoms with E-state index in [4.69, 9.17) is 10.1 Å². The molecule has 7 heteroatoms. The predicted molar refractivity (Wildman–Crippen MR) is 161 cm³/mol.